The maximum atomic E-state index is 12.3. The van der Waals surface area contributed by atoms with Gasteiger partial charge < -0.3 is 20.7 Å². The molecule has 2 amide bonds. The summed E-state index contributed by atoms with van der Waals surface area (Å²) >= 11 is 0. The highest BCUT2D eigenvalue weighted by Gasteiger charge is 2.16. The monoisotopic (exact) mass is 354 g/mol. The Morgan fingerprint density at radius 3 is 2.62 bits per heavy atom. The van der Waals surface area contributed by atoms with Gasteiger partial charge in [0.25, 0.3) is 5.91 Å². The highest BCUT2D eigenvalue weighted by Crippen LogP contribution is 2.19. The quantitative estimate of drug-likeness (QED) is 0.742. The van der Waals surface area contributed by atoms with Gasteiger partial charge in [-0.05, 0) is 43.2 Å². The van der Waals surface area contributed by atoms with Gasteiger partial charge in [-0.1, -0.05) is 0 Å². The maximum Gasteiger partial charge on any atom is 0.253 e. The molecule has 3 rings (SSSR count). The van der Waals surface area contributed by atoms with Crippen LogP contribution in [-0.4, -0.2) is 36.1 Å². The number of carbonyl (C=O) groups excluding carboxylic acids is 2. The van der Waals surface area contributed by atoms with E-state index >= 15 is 0 Å². The fourth-order valence-electron chi connectivity index (χ4n) is 2.75. The Bertz CT molecular complexity index is 771. The molecule has 1 aromatic heterocycles. The molecule has 7 heteroatoms. The number of benzene rings is 1. The molecule has 0 spiro atoms. The standard InChI is InChI=1S/C19H22N4O3/c1-13(24)22-15-4-6-16(7-5-15)23-17-9-14(10-20-11-17)19(25)21-12-18-3-2-8-26-18/h4-7,9-11,18,23H,2-3,8,12H2,1H3,(H,21,25)(H,22,24). The van der Waals surface area contributed by atoms with Crippen molar-refractivity contribution in [2.24, 2.45) is 0 Å². The molecule has 1 aliphatic rings. The minimum atomic E-state index is -0.169. The first-order valence-electron chi connectivity index (χ1n) is 8.60. The number of nitrogens with one attached hydrogen (secondary N) is 3. The van der Waals surface area contributed by atoms with Crippen LogP contribution in [0.3, 0.4) is 0 Å². The predicted octanol–water partition coefficient (Wildman–Crippen LogP) is 2.69. The third kappa shape index (κ3) is 5.03. The number of pyridine rings is 1. The lowest BCUT2D eigenvalue weighted by molar-refractivity contribution is -0.114. The van der Waals surface area contributed by atoms with Gasteiger partial charge in [0.05, 0.1) is 23.6 Å². The summed E-state index contributed by atoms with van der Waals surface area (Å²) in [5.41, 5.74) is 2.76. The van der Waals surface area contributed by atoms with Crippen molar-refractivity contribution in [3.8, 4) is 0 Å². The fraction of sp³-hybridized carbons (Fsp3) is 0.316. The Morgan fingerprint density at radius 1 is 1.15 bits per heavy atom. The van der Waals surface area contributed by atoms with E-state index in [4.69, 9.17) is 4.74 Å². The molecule has 1 fully saturated rings. The molecule has 26 heavy (non-hydrogen) atoms. The molecule has 2 aromatic rings. The van der Waals surface area contributed by atoms with Crippen molar-refractivity contribution in [1.29, 1.82) is 0 Å². The van der Waals surface area contributed by atoms with Crippen LogP contribution in [0.4, 0.5) is 17.1 Å². The number of rotatable bonds is 6. The van der Waals surface area contributed by atoms with E-state index in [0.717, 1.165) is 30.8 Å². The molecule has 136 valence electrons. The van der Waals surface area contributed by atoms with Gasteiger partial charge in [0.15, 0.2) is 0 Å². The second-order valence-electron chi connectivity index (χ2n) is 6.19. The minimum Gasteiger partial charge on any atom is -0.376 e. The molecule has 0 aliphatic carbocycles. The van der Waals surface area contributed by atoms with Gasteiger partial charge in [0, 0.05) is 37.6 Å². The Labute approximate surface area is 152 Å². The number of aromatic nitrogens is 1. The molecule has 1 atom stereocenters. The van der Waals surface area contributed by atoms with Crippen LogP contribution in [0.15, 0.2) is 42.7 Å². The molecular weight excluding hydrogens is 332 g/mol. The van der Waals surface area contributed by atoms with E-state index in [1.54, 1.807) is 24.4 Å². The van der Waals surface area contributed by atoms with Gasteiger partial charge in [-0.15, -0.1) is 0 Å². The molecule has 1 unspecified atom stereocenters. The zero-order valence-corrected chi connectivity index (χ0v) is 14.6. The average Bonchev–Trinajstić information content (AvgIpc) is 3.15. The summed E-state index contributed by atoms with van der Waals surface area (Å²) in [6, 6.07) is 9.04. The highest BCUT2D eigenvalue weighted by atomic mass is 16.5. The van der Waals surface area contributed by atoms with Crippen LogP contribution in [0.5, 0.6) is 0 Å². The third-order valence-electron chi connectivity index (χ3n) is 4.01. The van der Waals surface area contributed by atoms with Gasteiger partial charge in [-0.2, -0.15) is 0 Å². The molecule has 7 nitrogen and oxygen atoms in total. The summed E-state index contributed by atoms with van der Waals surface area (Å²) in [5.74, 6) is -0.283. The maximum absolute atomic E-state index is 12.3. The van der Waals surface area contributed by atoms with Crippen LogP contribution in [-0.2, 0) is 9.53 Å². The third-order valence-corrected chi connectivity index (χ3v) is 4.01. The first-order valence-corrected chi connectivity index (χ1v) is 8.60. The average molecular weight is 354 g/mol. The van der Waals surface area contributed by atoms with Gasteiger partial charge in [-0.3, -0.25) is 14.6 Å². The number of hydrogen-bond donors (Lipinski definition) is 3. The molecule has 0 radical (unpaired) electrons. The van der Waals surface area contributed by atoms with E-state index in [1.165, 1.54) is 13.1 Å². The SMILES string of the molecule is CC(=O)Nc1ccc(Nc2cncc(C(=O)NCC3CCCO3)c2)cc1. The second-order valence-corrected chi connectivity index (χ2v) is 6.19. The lowest BCUT2D eigenvalue weighted by Gasteiger charge is -2.12. The van der Waals surface area contributed by atoms with Crippen molar-refractivity contribution < 1.29 is 14.3 Å². The van der Waals surface area contributed by atoms with Crippen molar-refractivity contribution in [1.82, 2.24) is 10.3 Å². The lowest BCUT2D eigenvalue weighted by atomic mass is 10.2. The molecule has 1 aromatic carbocycles. The van der Waals surface area contributed by atoms with Crippen molar-refractivity contribution in [3.05, 3.63) is 48.3 Å². The highest BCUT2D eigenvalue weighted by molar-refractivity contribution is 5.95. The number of carbonyl (C=O) groups is 2. The summed E-state index contributed by atoms with van der Waals surface area (Å²) in [6.07, 6.45) is 5.32. The van der Waals surface area contributed by atoms with Gasteiger partial charge in [0.1, 0.15) is 0 Å². The summed E-state index contributed by atoms with van der Waals surface area (Å²) in [6.45, 7) is 2.75. The molecular formula is C19H22N4O3. The summed E-state index contributed by atoms with van der Waals surface area (Å²) in [5, 5.41) is 8.80. The Morgan fingerprint density at radius 2 is 1.92 bits per heavy atom. The smallest absolute Gasteiger partial charge is 0.253 e. The zero-order chi connectivity index (χ0) is 18.4. The number of anilines is 3. The Hall–Kier alpha value is -2.93. The molecule has 1 aliphatic heterocycles. The normalized spacial score (nSPS) is 16.1. The zero-order valence-electron chi connectivity index (χ0n) is 14.6. The molecule has 0 bridgehead atoms. The number of nitrogens with zero attached hydrogens (tertiary/aromatic N) is 1. The summed E-state index contributed by atoms with van der Waals surface area (Å²) < 4.78 is 5.51. The predicted molar refractivity (Wildman–Crippen MR) is 99.6 cm³/mol. The van der Waals surface area contributed by atoms with E-state index in [9.17, 15) is 9.59 Å². The topological polar surface area (TPSA) is 92.4 Å². The summed E-state index contributed by atoms with van der Waals surface area (Å²) in [4.78, 5) is 27.5. The Balaban J connectivity index is 1.59. The minimum absolute atomic E-state index is 0.107. The van der Waals surface area contributed by atoms with E-state index in [-0.39, 0.29) is 17.9 Å². The molecule has 3 N–H and O–H groups in total. The van der Waals surface area contributed by atoms with E-state index in [1.807, 2.05) is 12.1 Å². The van der Waals surface area contributed by atoms with Crippen molar-refractivity contribution in [3.63, 3.8) is 0 Å². The fourth-order valence-corrected chi connectivity index (χ4v) is 2.75. The van der Waals surface area contributed by atoms with Crippen LogP contribution in [0, 0.1) is 0 Å². The lowest BCUT2D eigenvalue weighted by Crippen LogP contribution is -2.31. The number of ether oxygens (including phenoxy) is 1. The largest absolute Gasteiger partial charge is 0.376 e. The number of hydrogen-bond acceptors (Lipinski definition) is 5. The van der Waals surface area contributed by atoms with Crippen LogP contribution < -0.4 is 16.0 Å². The second kappa shape index (κ2) is 8.44. The van der Waals surface area contributed by atoms with E-state index in [2.05, 4.69) is 20.9 Å². The van der Waals surface area contributed by atoms with Crippen LogP contribution in [0.1, 0.15) is 30.1 Å². The van der Waals surface area contributed by atoms with Crippen LogP contribution in [0.2, 0.25) is 0 Å². The van der Waals surface area contributed by atoms with Gasteiger partial charge in [-0.25, -0.2) is 0 Å². The Kier molecular flexibility index (Phi) is 5.80. The van der Waals surface area contributed by atoms with E-state index in [0.29, 0.717) is 17.8 Å². The van der Waals surface area contributed by atoms with Crippen LogP contribution >= 0.6 is 0 Å². The molecule has 2 heterocycles. The van der Waals surface area contributed by atoms with Crippen molar-refractivity contribution in [2.75, 3.05) is 23.8 Å². The first kappa shape index (κ1) is 17.9. The van der Waals surface area contributed by atoms with Crippen molar-refractivity contribution >= 4 is 28.9 Å². The van der Waals surface area contributed by atoms with Crippen LogP contribution in [0.25, 0.3) is 0 Å². The molecule has 1 saturated heterocycles. The number of amides is 2. The molecule has 0 saturated carbocycles. The first-order chi connectivity index (χ1) is 12.6. The van der Waals surface area contributed by atoms with Crippen molar-refractivity contribution in [2.45, 2.75) is 25.9 Å². The van der Waals surface area contributed by atoms with Gasteiger partial charge >= 0.3 is 0 Å². The van der Waals surface area contributed by atoms with E-state index < -0.39 is 0 Å². The summed E-state index contributed by atoms with van der Waals surface area (Å²) in [7, 11) is 0. The van der Waals surface area contributed by atoms with Gasteiger partial charge in [0.2, 0.25) is 5.91 Å².